The summed E-state index contributed by atoms with van der Waals surface area (Å²) in [5.74, 6) is -1.13. The van der Waals surface area contributed by atoms with E-state index in [9.17, 15) is 14.8 Å². The van der Waals surface area contributed by atoms with Gasteiger partial charge in [-0.2, -0.15) is 5.06 Å². The number of hydrogen-bond donors (Lipinski definition) is 1. The first-order valence-electron chi connectivity index (χ1n) is 4.10. The van der Waals surface area contributed by atoms with E-state index in [2.05, 4.69) is 4.74 Å². The second-order valence-corrected chi connectivity index (χ2v) is 2.62. The number of nitrogens with zero attached hydrogens (tertiary/aromatic N) is 1. The van der Waals surface area contributed by atoms with Gasteiger partial charge < -0.3 is 9.47 Å². The maximum Gasteiger partial charge on any atom is 0.305 e. The summed E-state index contributed by atoms with van der Waals surface area (Å²) in [6.07, 6.45) is -0.0724. The molecule has 0 spiro atoms. The van der Waals surface area contributed by atoms with Crippen LogP contribution in [0.2, 0.25) is 0 Å². The summed E-state index contributed by atoms with van der Waals surface area (Å²) in [7, 11) is 0. The van der Waals surface area contributed by atoms with Crippen LogP contribution in [0.3, 0.4) is 0 Å². The summed E-state index contributed by atoms with van der Waals surface area (Å²) in [4.78, 5) is 21.6. The van der Waals surface area contributed by atoms with E-state index in [-0.39, 0.29) is 5.76 Å². The Bertz CT molecular complexity index is 285. The highest BCUT2D eigenvalue weighted by Gasteiger charge is 2.35. The van der Waals surface area contributed by atoms with E-state index in [1.807, 2.05) is 0 Å². The lowest BCUT2D eigenvalue weighted by Gasteiger charge is -2.19. The summed E-state index contributed by atoms with van der Waals surface area (Å²) in [6, 6.07) is 0. The highest BCUT2D eigenvalue weighted by molar-refractivity contribution is 5.90. The van der Waals surface area contributed by atoms with Crippen molar-refractivity contribution >= 4 is 11.9 Å². The van der Waals surface area contributed by atoms with Crippen molar-refractivity contribution in [1.29, 1.82) is 0 Å². The van der Waals surface area contributed by atoms with Crippen LogP contribution < -0.4 is 0 Å². The van der Waals surface area contributed by atoms with Crippen molar-refractivity contribution in [2.45, 2.75) is 20.1 Å². The fraction of sp³-hybridized carbons (Fsp3) is 0.500. The average molecular weight is 201 g/mol. The molecule has 6 heteroatoms. The van der Waals surface area contributed by atoms with Gasteiger partial charge in [0.1, 0.15) is 0 Å². The topological polar surface area (TPSA) is 76.1 Å². The molecule has 0 bridgehead atoms. The molecule has 1 aliphatic heterocycles. The van der Waals surface area contributed by atoms with E-state index < -0.39 is 18.1 Å². The molecule has 1 N–H and O–H groups in total. The Morgan fingerprint density at radius 2 is 2.36 bits per heavy atom. The molecule has 0 saturated carbocycles. The van der Waals surface area contributed by atoms with Gasteiger partial charge >= 0.3 is 5.97 Å². The lowest BCUT2D eigenvalue weighted by atomic mass is 10.4. The number of ether oxygens (including phenoxy) is 2. The zero-order valence-electron chi connectivity index (χ0n) is 7.89. The minimum absolute atomic E-state index is 0.134. The monoisotopic (exact) mass is 201 g/mol. The Hall–Kier alpha value is -1.56. The van der Waals surface area contributed by atoms with Gasteiger partial charge in [-0.3, -0.25) is 14.8 Å². The van der Waals surface area contributed by atoms with Crippen molar-refractivity contribution in [2.24, 2.45) is 0 Å². The van der Waals surface area contributed by atoms with Crippen LogP contribution in [0.1, 0.15) is 13.8 Å². The van der Waals surface area contributed by atoms with Gasteiger partial charge in [-0.1, -0.05) is 0 Å². The number of rotatable bonds is 3. The van der Waals surface area contributed by atoms with Gasteiger partial charge in [-0.25, -0.2) is 0 Å². The summed E-state index contributed by atoms with van der Waals surface area (Å²) in [5.41, 5.74) is 0. The van der Waals surface area contributed by atoms with Crippen LogP contribution in [0, 0.1) is 0 Å². The van der Waals surface area contributed by atoms with Crippen LogP contribution in [0.5, 0.6) is 0 Å². The van der Waals surface area contributed by atoms with E-state index in [0.717, 1.165) is 6.08 Å². The zero-order valence-corrected chi connectivity index (χ0v) is 7.89. The molecule has 1 heterocycles. The molecule has 0 fully saturated rings. The van der Waals surface area contributed by atoms with Gasteiger partial charge in [0.05, 0.1) is 6.61 Å². The molecule has 1 atom stereocenters. The third-order valence-corrected chi connectivity index (χ3v) is 1.55. The first-order valence-corrected chi connectivity index (χ1v) is 4.10. The van der Waals surface area contributed by atoms with Crippen LogP contribution in [0.25, 0.3) is 0 Å². The number of hydroxylamine groups is 2. The highest BCUT2D eigenvalue weighted by atomic mass is 16.6. The fourth-order valence-corrected chi connectivity index (χ4v) is 1.04. The summed E-state index contributed by atoms with van der Waals surface area (Å²) < 4.78 is 9.70. The van der Waals surface area contributed by atoms with E-state index in [1.165, 1.54) is 6.92 Å². The number of carbonyl (C=O) groups is 2. The van der Waals surface area contributed by atoms with Crippen LogP contribution >= 0.6 is 0 Å². The second kappa shape index (κ2) is 4.10. The molecule has 1 rings (SSSR count). The fourth-order valence-electron chi connectivity index (χ4n) is 1.04. The molecule has 1 unspecified atom stereocenters. The molecule has 78 valence electrons. The first kappa shape index (κ1) is 10.5. The molecule has 0 radical (unpaired) electrons. The van der Waals surface area contributed by atoms with Crippen molar-refractivity contribution in [1.82, 2.24) is 5.06 Å². The quantitative estimate of drug-likeness (QED) is 0.515. The minimum atomic E-state index is -1.15. The van der Waals surface area contributed by atoms with Gasteiger partial charge in [-0.05, 0) is 6.92 Å². The lowest BCUT2D eigenvalue weighted by molar-refractivity contribution is -0.205. The van der Waals surface area contributed by atoms with Crippen molar-refractivity contribution in [2.75, 3.05) is 6.61 Å². The highest BCUT2D eigenvalue weighted by Crippen LogP contribution is 2.19. The molecule has 14 heavy (non-hydrogen) atoms. The third kappa shape index (κ3) is 2.02. The van der Waals surface area contributed by atoms with E-state index >= 15 is 0 Å². The predicted octanol–water partition coefficient (Wildman–Crippen LogP) is 0.0274. The second-order valence-electron chi connectivity index (χ2n) is 2.62. The van der Waals surface area contributed by atoms with Crippen LogP contribution in [0.4, 0.5) is 0 Å². The molecule has 0 aromatic heterocycles. The molecule has 0 aromatic rings. The van der Waals surface area contributed by atoms with Crippen LogP contribution in [-0.2, 0) is 19.1 Å². The largest absolute Gasteiger partial charge is 0.492 e. The van der Waals surface area contributed by atoms with Crippen LogP contribution in [-0.4, -0.2) is 35.0 Å². The van der Waals surface area contributed by atoms with E-state index in [4.69, 9.17) is 4.74 Å². The normalized spacial score (nSPS) is 20.8. The standard InChI is InChI=1S/C8H11NO5/c1-3-13-6-4-7(11)9(12)8(6)14-5(2)10/h4,8,12H,3H2,1-2H3. The van der Waals surface area contributed by atoms with Gasteiger partial charge in [0, 0.05) is 13.0 Å². The Morgan fingerprint density at radius 3 is 2.86 bits per heavy atom. The van der Waals surface area contributed by atoms with Gasteiger partial charge in [-0.15, -0.1) is 0 Å². The minimum Gasteiger partial charge on any atom is -0.492 e. The maximum absolute atomic E-state index is 11.0. The Labute approximate surface area is 80.7 Å². The maximum atomic E-state index is 11.0. The number of hydrogen-bond acceptors (Lipinski definition) is 5. The smallest absolute Gasteiger partial charge is 0.305 e. The Morgan fingerprint density at radius 1 is 1.71 bits per heavy atom. The van der Waals surface area contributed by atoms with E-state index in [0.29, 0.717) is 11.7 Å². The van der Waals surface area contributed by atoms with Crippen LogP contribution in [0.15, 0.2) is 11.8 Å². The molecular formula is C8H11NO5. The lowest BCUT2D eigenvalue weighted by Crippen LogP contribution is -2.35. The Kier molecular flexibility index (Phi) is 3.08. The molecule has 1 aliphatic rings. The Balaban J connectivity index is 2.75. The van der Waals surface area contributed by atoms with Crippen molar-refractivity contribution < 1.29 is 24.3 Å². The SMILES string of the molecule is CCOC1=CC(=O)N(O)C1OC(C)=O. The molecular weight excluding hydrogens is 190 g/mol. The van der Waals surface area contributed by atoms with Gasteiger partial charge in [0.2, 0.25) is 0 Å². The number of amides is 1. The third-order valence-electron chi connectivity index (χ3n) is 1.55. The first-order chi connectivity index (χ1) is 6.56. The number of carbonyl (C=O) groups excluding carboxylic acids is 2. The van der Waals surface area contributed by atoms with E-state index in [1.54, 1.807) is 6.92 Å². The predicted molar refractivity (Wildman–Crippen MR) is 43.9 cm³/mol. The molecule has 0 aromatic carbocycles. The molecule has 1 amide bonds. The summed E-state index contributed by atoms with van der Waals surface area (Å²) >= 11 is 0. The van der Waals surface area contributed by atoms with Crippen molar-refractivity contribution in [3.05, 3.63) is 11.8 Å². The van der Waals surface area contributed by atoms with Crippen molar-refractivity contribution in [3.63, 3.8) is 0 Å². The number of esters is 1. The molecule has 0 saturated heterocycles. The van der Waals surface area contributed by atoms with Gasteiger partial charge in [0.25, 0.3) is 12.1 Å². The zero-order chi connectivity index (χ0) is 10.7. The average Bonchev–Trinajstić information content (AvgIpc) is 2.33. The summed E-state index contributed by atoms with van der Waals surface area (Å²) in [5, 5.41) is 9.49. The molecule has 6 nitrogen and oxygen atoms in total. The van der Waals surface area contributed by atoms with Crippen molar-refractivity contribution in [3.8, 4) is 0 Å². The van der Waals surface area contributed by atoms with Gasteiger partial charge in [0.15, 0.2) is 5.76 Å². The summed E-state index contributed by atoms with van der Waals surface area (Å²) in [6.45, 7) is 3.22. The molecule has 0 aliphatic carbocycles.